The largest absolute Gasteiger partial charge is 0.436 e. The number of hydrogen-bond acceptors (Lipinski definition) is 3. The van der Waals surface area contributed by atoms with Crippen LogP contribution in [0.25, 0.3) is 22.6 Å². The van der Waals surface area contributed by atoms with E-state index >= 15 is 0 Å². The lowest BCUT2D eigenvalue weighted by atomic mass is 10.1. The normalized spacial score (nSPS) is 11.0. The molecule has 3 heteroatoms. The Morgan fingerprint density at radius 1 is 1.06 bits per heavy atom. The van der Waals surface area contributed by atoms with E-state index in [2.05, 4.69) is 4.98 Å². The van der Waals surface area contributed by atoms with E-state index in [1.807, 2.05) is 50.2 Å². The first-order chi connectivity index (χ1) is 8.63. The molecule has 3 aromatic rings. The van der Waals surface area contributed by atoms with E-state index in [4.69, 9.17) is 10.2 Å². The van der Waals surface area contributed by atoms with Crippen molar-refractivity contribution in [1.29, 1.82) is 0 Å². The Labute approximate surface area is 105 Å². The van der Waals surface area contributed by atoms with Gasteiger partial charge in [0.2, 0.25) is 5.89 Å². The fraction of sp³-hybridized carbons (Fsp3) is 0.133. The van der Waals surface area contributed by atoms with E-state index in [9.17, 15) is 0 Å². The zero-order chi connectivity index (χ0) is 12.7. The number of nitrogen functional groups attached to an aromatic ring is 1. The van der Waals surface area contributed by atoms with Crippen LogP contribution in [0.1, 0.15) is 11.1 Å². The van der Waals surface area contributed by atoms with Gasteiger partial charge in [-0.3, -0.25) is 0 Å². The summed E-state index contributed by atoms with van der Waals surface area (Å²) in [6.45, 7) is 4.05. The second-order valence-electron chi connectivity index (χ2n) is 4.56. The number of rotatable bonds is 1. The maximum Gasteiger partial charge on any atom is 0.227 e. The SMILES string of the molecule is Cc1ccc2oc(-c3ccc(N)cc3C)nc2c1. The van der Waals surface area contributed by atoms with Gasteiger partial charge in [-0.15, -0.1) is 0 Å². The molecule has 0 unspecified atom stereocenters. The van der Waals surface area contributed by atoms with E-state index in [1.165, 1.54) is 5.56 Å². The van der Waals surface area contributed by atoms with Crippen molar-refractivity contribution in [2.45, 2.75) is 13.8 Å². The number of anilines is 1. The van der Waals surface area contributed by atoms with Gasteiger partial charge in [-0.05, 0) is 55.3 Å². The lowest BCUT2D eigenvalue weighted by Gasteiger charge is -2.01. The Kier molecular flexibility index (Phi) is 2.33. The van der Waals surface area contributed by atoms with E-state index in [-0.39, 0.29) is 0 Å². The molecule has 0 bridgehead atoms. The van der Waals surface area contributed by atoms with Gasteiger partial charge >= 0.3 is 0 Å². The molecule has 0 amide bonds. The molecule has 18 heavy (non-hydrogen) atoms. The summed E-state index contributed by atoms with van der Waals surface area (Å²) in [7, 11) is 0. The predicted octanol–water partition coefficient (Wildman–Crippen LogP) is 3.69. The van der Waals surface area contributed by atoms with Crippen molar-refractivity contribution in [3.05, 3.63) is 47.5 Å². The van der Waals surface area contributed by atoms with Crippen LogP contribution in [0.5, 0.6) is 0 Å². The van der Waals surface area contributed by atoms with Crippen LogP contribution in [0.2, 0.25) is 0 Å². The average Bonchev–Trinajstić information content (AvgIpc) is 2.71. The van der Waals surface area contributed by atoms with Crippen molar-refractivity contribution in [1.82, 2.24) is 4.98 Å². The minimum Gasteiger partial charge on any atom is -0.436 e. The van der Waals surface area contributed by atoms with Gasteiger partial charge in [-0.1, -0.05) is 6.07 Å². The van der Waals surface area contributed by atoms with Gasteiger partial charge in [-0.2, -0.15) is 0 Å². The molecule has 0 saturated heterocycles. The summed E-state index contributed by atoms with van der Waals surface area (Å²) < 4.78 is 5.78. The zero-order valence-electron chi connectivity index (χ0n) is 10.4. The Bertz CT molecular complexity index is 728. The fourth-order valence-electron chi connectivity index (χ4n) is 2.08. The van der Waals surface area contributed by atoms with Crippen molar-refractivity contribution in [3.63, 3.8) is 0 Å². The lowest BCUT2D eigenvalue weighted by molar-refractivity contribution is 0.619. The summed E-state index contributed by atoms with van der Waals surface area (Å²) in [5.41, 5.74) is 11.4. The average molecular weight is 238 g/mol. The molecule has 0 aliphatic rings. The van der Waals surface area contributed by atoms with Crippen LogP contribution in [0, 0.1) is 13.8 Å². The van der Waals surface area contributed by atoms with Crippen LogP contribution in [0.4, 0.5) is 5.69 Å². The van der Waals surface area contributed by atoms with E-state index in [0.717, 1.165) is 27.9 Å². The van der Waals surface area contributed by atoms with Crippen LogP contribution in [-0.2, 0) is 0 Å². The summed E-state index contributed by atoms with van der Waals surface area (Å²) >= 11 is 0. The van der Waals surface area contributed by atoms with E-state index in [0.29, 0.717) is 5.89 Å². The Morgan fingerprint density at radius 3 is 2.67 bits per heavy atom. The molecule has 0 radical (unpaired) electrons. The molecule has 0 aliphatic carbocycles. The molecular formula is C15H14N2O. The highest BCUT2D eigenvalue weighted by Gasteiger charge is 2.10. The maximum absolute atomic E-state index is 5.78. The van der Waals surface area contributed by atoms with Gasteiger partial charge in [-0.25, -0.2) is 4.98 Å². The summed E-state index contributed by atoms with van der Waals surface area (Å²) in [5.74, 6) is 0.646. The second kappa shape index (κ2) is 3.88. The van der Waals surface area contributed by atoms with Gasteiger partial charge in [0.1, 0.15) is 5.52 Å². The minimum atomic E-state index is 0.646. The van der Waals surface area contributed by atoms with Crippen LogP contribution in [0.15, 0.2) is 40.8 Å². The van der Waals surface area contributed by atoms with Crippen LogP contribution < -0.4 is 5.73 Å². The molecule has 0 fully saturated rings. The molecule has 3 rings (SSSR count). The van der Waals surface area contributed by atoms with Crippen molar-refractivity contribution in [3.8, 4) is 11.5 Å². The number of oxazole rings is 1. The number of aromatic nitrogens is 1. The van der Waals surface area contributed by atoms with E-state index in [1.54, 1.807) is 0 Å². The highest BCUT2D eigenvalue weighted by molar-refractivity contribution is 5.77. The van der Waals surface area contributed by atoms with Crippen LogP contribution >= 0.6 is 0 Å². The number of hydrogen-bond donors (Lipinski definition) is 1. The first-order valence-corrected chi connectivity index (χ1v) is 5.87. The first kappa shape index (κ1) is 10.8. The van der Waals surface area contributed by atoms with Gasteiger partial charge in [0.15, 0.2) is 5.58 Å². The molecule has 90 valence electrons. The van der Waals surface area contributed by atoms with Crippen molar-refractivity contribution >= 4 is 16.8 Å². The van der Waals surface area contributed by atoms with Crippen molar-refractivity contribution < 1.29 is 4.42 Å². The molecule has 2 N–H and O–H groups in total. The monoisotopic (exact) mass is 238 g/mol. The standard InChI is InChI=1S/C15H14N2O/c1-9-3-6-14-13(7-9)17-15(18-14)12-5-4-11(16)8-10(12)2/h3-8H,16H2,1-2H3. The minimum absolute atomic E-state index is 0.646. The number of nitrogens with zero attached hydrogens (tertiary/aromatic N) is 1. The third-order valence-electron chi connectivity index (χ3n) is 3.02. The first-order valence-electron chi connectivity index (χ1n) is 5.87. The number of nitrogens with two attached hydrogens (primary N) is 1. The maximum atomic E-state index is 5.78. The van der Waals surface area contributed by atoms with Crippen LogP contribution in [-0.4, -0.2) is 4.98 Å². The molecule has 1 aromatic heterocycles. The Balaban J connectivity index is 2.19. The molecular weight excluding hydrogens is 224 g/mol. The van der Waals surface area contributed by atoms with E-state index < -0.39 is 0 Å². The summed E-state index contributed by atoms with van der Waals surface area (Å²) in [4.78, 5) is 4.53. The smallest absolute Gasteiger partial charge is 0.227 e. The third kappa shape index (κ3) is 1.74. The highest BCUT2D eigenvalue weighted by atomic mass is 16.3. The molecule has 0 spiro atoms. The summed E-state index contributed by atoms with van der Waals surface area (Å²) in [6, 6.07) is 11.7. The lowest BCUT2D eigenvalue weighted by Crippen LogP contribution is -1.88. The Hall–Kier alpha value is -2.29. The third-order valence-corrected chi connectivity index (χ3v) is 3.02. The van der Waals surface area contributed by atoms with Gasteiger partial charge in [0.05, 0.1) is 0 Å². The van der Waals surface area contributed by atoms with Gasteiger partial charge < -0.3 is 10.2 Å². The topological polar surface area (TPSA) is 52.0 Å². The summed E-state index contributed by atoms with van der Waals surface area (Å²) in [6.07, 6.45) is 0. The number of fused-ring (bicyclic) bond motifs is 1. The predicted molar refractivity (Wildman–Crippen MR) is 73.3 cm³/mol. The van der Waals surface area contributed by atoms with Crippen molar-refractivity contribution in [2.24, 2.45) is 0 Å². The molecule has 0 saturated carbocycles. The fourth-order valence-corrected chi connectivity index (χ4v) is 2.08. The van der Waals surface area contributed by atoms with Gasteiger partial charge in [0, 0.05) is 11.3 Å². The highest BCUT2D eigenvalue weighted by Crippen LogP contribution is 2.28. The zero-order valence-corrected chi connectivity index (χ0v) is 10.4. The molecule has 0 aliphatic heterocycles. The van der Waals surface area contributed by atoms with Gasteiger partial charge in [0.25, 0.3) is 0 Å². The molecule has 0 atom stereocenters. The number of aryl methyl sites for hydroxylation is 2. The van der Waals surface area contributed by atoms with Crippen molar-refractivity contribution in [2.75, 3.05) is 5.73 Å². The second-order valence-corrected chi connectivity index (χ2v) is 4.56. The molecule has 3 nitrogen and oxygen atoms in total. The summed E-state index contributed by atoms with van der Waals surface area (Å²) in [5, 5.41) is 0. The quantitative estimate of drug-likeness (QED) is 0.658. The number of benzene rings is 2. The van der Waals surface area contributed by atoms with Crippen LogP contribution in [0.3, 0.4) is 0 Å². The Morgan fingerprint density at radius 2 is 1.89 bits per heavy atom. The molecule has 2 aromatic carbocycles. The molecule has 1 heterocycles.